The number of hydrogen-bond acceptors (Lipinski definition) is 3. The van der Waals surface area contributed by atoms with E-state index in [1.807, 2.05) is 6.08 Å². The maximum Gasteiger partial charge on any atom is 0.249 e. The molecule has 0 aromatic rings. The molecule has 2 N–H and O–H groups in total. The summed E-state index contributed by atoms with van der Waals surface area (Å²) in [6.07, 6.45) is 6.30. The van der Waals surface area contributed by atoms with Crippen LogP contribution < -0.4 is 5.73 Å². The predicted molar refractivity (Wildman–Crippen MR) is 59.5 cm³/mol. The van der Waals surface area contributed by atoms with Crippen LogP contribution in [0, 0.1) is 5.92 Å². The van der Waals surface area contributed by atoms with E-state index in [-0.39, 0.29) is 0 Å². The summed E-state index contributed by atoms with van der Waals surface area (Å²) >= 11 is 0. The third-order valence-electron chi connectivity index (χ3n) is 3.54. The summed E-state index contributed by atoms with van der Waals surface area (Å²) in [5, 5.41) is 0. The normalized spacial score (nSPS) is 38.8. The SMILES string of the molecule is C=CCC1CCC2(CC1)OCC(C(N)=O)O2. The summed E-state index contributed by atoms with van der Waals surface area (Å²) in [6, 6.07) is 0. The second-order valence-electron chi connectivity index (χ2n) is 4.70. The number of hydrogen-bond donors (Lipinski definition) is 1. The average Bonchev–Trinajstić information content (AvgIpc) is 2.67. The van der Waals surface area contributed by atoms with Crippen molar-refractivity contribution in [3.63, 3.8) is 0 Å². The molecule has 2 fully saturated rings. The van der Waals surface area contributed by atoms with Gasteiger partial charge in [-0.05, 0) is 25.2 Å². The van der Waals surface area contributed by atoms with Crippen LogP contribution in [0.15, 0.2) is 12.7 Å². The summed E-state index contributed by atoms with van der Waals surface area (Å²) in [4.78, 5) is 11.0. The zero-order chi connectivity index (χ0) is 11.6. The lowest BCUT2D eigenvalue weighted by atomic mass is 9.83. The molecule has 1 heterocycles. The van der Waals surface area contributed by atoms with Crippen molar-refractivity contribution in [1.82, 2.24) is 0 Å². The van der Waals surface area contributed by atoms with Gasteiger partial charge in [-0.1, -0.05) is 6.08 Å². The molecule has 1 aliphatic carbocycles. The number of allylic oxidation sites excluding steroid dienone is 1. The first-order valence-corrected chi connectivity index (χ1v) is 5.87. The summed E-state index contributed by atoms with van der Waals surface area (Å²) in [6.45, 7) is 4.06. The molecule has 0 aromatic carbocycles. The lowest BCUT2D eigenvalue weighted by molar-refractivity contribution is -0.193. The molecule has 1 amide bonds. The average molecular weight is 225 g/mol. The third kappa shape index (κ3) is 2.28. The van der Waals surface area contributed by atoms with Crippen LogP contribution in [0.5, 0.6) is 0 Å². The standard InChI is InChI=1S/C12H19NO3/c1-2-3-9-4-6-12(7-5-9)15-8-10(16-12)11(13)14/h2,9-10H,1,3-8H2,(H2,13,14). The molecule has 4 heteroatoms. The fourth-order valence-corrected chi connectivity index (χ4v) is 2.55. The Hall–Kier alpha value is -0.870. The van der Waals surface area contributed by atoms with Crippen molar-refractivity contribution < 1.29 is 14.3 Å². The zero-order valence-electron chi connectivity index (χ0n) is 9.48. The second kappa shape index (κ2) is 4.55. The Kier molecular flexibility index (Phi) is 3.30. The van der Waals surface area contributed by atoms with Crippen molar-refractivity contribution in [3.8, 4) is 0 Å². The Morgan fingerprint density at radius 1 is 1.50 bits per heavy atom. The molecular formula is C12H19NO3. The van der Waals surface area contributed by atoms with Crippen molar-refractivity contribution in [2.75, 3.05) is 6.61 Å². The van der Waals surface area contributed by atoms with Gasteiger partial charge < -0.3 is 15.2 Å². The van der Waals surface area contributed by atoms with E-state index < -0.39 is 17.8 Å². The minimum absolute atomic E-state index is 0.307. The highest BCUT2D eigenvalue weighted by atomic mass is 16.7. The smallest absolute Gasteiger partial charge is 0.249 e. The minimum atomic E-state index is -0.559. The van der Waals surface area contributed by atoms with Crippen LogP contribution in [0.3, 0.4) is 0 Å². The molecule has 2 aliphatic rings. The van der Waals surface area contributed by atoms with Crippen LogP contribution in [-0.2, 0) is 14.3 Å². The van der Waals surface area contributed by atoms with Crippen LogP contribution >= 0.6 is 0 Å². The predicted octanol–water partition coefficient (Wildman–Crippen LogP) is 1.35. The van der Waals surface area contributed by atoms with Gasteiger partial charge in [0.25, 0.3) is 0 Å². The molecule has 1 spiro atoms. The molecule has 1 saturated carbocycles. The Labute approximate surface area is 95.8 Å². The molecule has 16 heavy (non-hydrogen) atoms. The van der Waals surface area contributed by atoms with Gasteiger partial charge in [0.15, 0.2) is 11.9 Å². The summed E-state index contributed by atoms with van der Waals surface area (Å²) in [7, 11) is 0. The number of carbonyl (C=O) groups is 1. The van der Waals surface area contributed by atoms with Gasteiger partial charge in [0, 0.05) is 12.8 Å². The molecule has 1 aliphatic heterocycles. The third-order valence-corrected chi connectivity index (χ3v) is 3.54. The maximum atomic E-state index is 11.0. The van der Waals surface area contributed by atoms with E-state index in [0.29, 0.717) is 12.5 Å². The molecule has 90 valence electrons. The highest BCUT2D eigenvalue weighted by Gasteiger charge is 2.45. The van der Waals surface area contributed by atoms with Gasteiger partial charge in [-0.15, -0.1) is 6.58 Å². The number of nitrogens with two attached hydrogens (primary N) is 1. The lowest BCUT2D eigenvalue weighted by Gasteiger charge is -2.35. The van der Waals surface area contributed by atoms with Crippen molar-refractivity contribution in [1.29, 1.82) is 0 Å². The minimum Gasteiger partial charge on any atom is -0.367 e. The molecule has 0 radical (unpaired) electrons. The van der Waals surface area contributed by atoms with E-state index in [2.05, 4.69) is 6.58 Å². The Balaban J connectivity index is 1.88. The highest BCUT2D eigenvalue weighted by molar-refractivity contribution is 5.79. The molecule has 0 aromatic heterocycles. The van der Waals surface area contributed by atoms with Gasteiger partial charge in [-0.2, -0.15) is 0 Å². The van der Waals surface area contributed by atoms with Crippen molar-refractivity contribution in [2.45, 2.75) is 44.0 Å². The number of carbonyl (C=O) groups excluding carboxylic acids is 1. The zero-order valence-corrected chi connectivity index (χ0v) is 9.48. The van der Waals surface area contributed by atoms with Gasteiger partial charge in [0.05, 0.1) is 6.61 Å². The van der Waals surface area contributed by atoms with E-state index >= 15 is 0 Å². The molecule has 2 rings (SSSR count). The summed E-state index contributed by atoms with van der Waals surface area (Å²) in [5.74, 6) is -0.273. The second-order valence-corrected chi connectivity index (χ2v) is 4.70. The highest BCUT2D eigenvalue weighted by Crippen LogP contribution is 2.40. The Morgan fingerprint density at radius 3 is 2.69 bits per heavy atom. The van der Waals surface area contributed by atoms with Crippen LogP contribution in [0.25, 0.3) is 0 Å². The van der Waals surface area contributed by atoms with Gasteiger partial charge >= 0.3 is 0 Å². The van der Waals surface area contributed by atoms with E-state index in [9.17, 15) is 4.79 Å². The summed E-state index contributed by atoms with van der Waals surface area (Å²) < 4.78 is 11.3. The molecule has 1 unspecified atom stereocenters. The lowest BCUT2D eigenvalue weighted by Crippen LogP contribution is -2.38. The van der Waals surface area contributed by atoms with E-state index in [4.69, 9.17) is 15.2 Å². The van der Waals surface area contributed by atoms with Crippen molar-refractivity contribution in [2.24, 2.45) is 11.7 Å². The van der Waals surface area contributed by atoms with Crippen LogP contribution in [0.2, 0.25) is 0 Å². The van der Waals surface area contributed by atoms with Gasteiger partial charge in [0.1, 0.15) is 0 Å². The molecule has 1 atom stereocenters. The number of ether oxygens (including phenoxy) is 2. The van der Waals surface area contributed by atoms with Gasteiger partial charge in [-0.3, -0.25) is 4.79 Å². The molecule has 4 nitrogen and oxygen atoms in total. The van der Waals surface area contributed by atoms with E-state index in [1.54, 1.807) is 0 Å². The number of primary amides is 1. The van der Waals surface area contributed by atoms with Crippen molar-refractivity contribution in [3.05, 3.63) is 12.7 Å². The topological polar surface area (TPSA) is 61.5 Å². The fraction of sp³-hybridized carbons (Fsp3) is 0.750. The largest absolute Gasteiger partial charge is 0.367 e. The van der Waals surface area contributed by atoms with Gasteiger partial charge in [0.2, 0.25) is 5.91 Å². The van der Waals surface area contributed by atoms with Crippen LogP contribution in [-0.4, -0.2) is 24.4 Å². The first-order chi connectivity index (χ1) is 7.65. The first-order valence-electron chi connectivity index (χ1n) is 5.87. The first kappa shape index (κ1) is 11.6. The quantitative estimate of drug-likeness (QED) is 0.737. The van der Waals surface area contributed by atoms with Crippen LogP contribution in [0.4, 0.5) is 0 Å². The number of rotatable bonds is 3. The summed E-state index contributed by atoms with van der Waals surface area (Å²) in [5.41, 5.74) is 5.21. The monoisotopic (exact) mass is 225 g/mol. The molecule has 1 saturated heterocycles. The Morgan fingerprint density at radius 2 is 2.19 bits per heavy atom. The van der Waals surface area contributed by atoms with Crippen LogP contribution in [0.1, 0.15) is 32.1 Å². The van der Waals surface area contributed by atoms with E-state index in [0.717, 1.165) is 32.1 Å². The fourth-order valence-electron chi connectivity index (χ4n) is 2.55. The van der Waals surface area contributed by atoms with Gasteiger partial charge in [-0.25, -0.2) is 0 Å². The molecule has 0 bridgehead atoms. The van der Waals surface area contributed by atoms with Crippen molar-refractivity contribution >= 4 is 5.91 Å². The molecular weight excluding hydrogens is 206 g/mol. The number of amides is 1. The Bertz CT molecular complexity index is 282. The maximum absolute atomic E-state index is 11.0. The van der Waals surface area contributed by atoms with E-state index in [1.165, 1.54) is 0 Å².